The SMILES string of the molecule is COc1ccc(C#N)cc1-c1cc(C)ncc1C(=O)Nc1nc2ncc(-c3ccc(Cl)cn3)nc2s1. The molecule has 176 valence electrons. The highest BCUT2D eigenvalue weighted by Crippen LogP contribution is 2.34. The summed E-state index contributed by atoms with van der Waals surface area (Å²) in [5, 5.41) is 13.0. The Bertz CT molecular complexity index is 1660. The van der Waals surface area contributed by atoms with E-state index in [1.165, 1.54) is 30.8 Å². The number of aryl methyl sites for hydroxylation is 1. The Kier molecular flexibility index (Phi) is 6.25. The zero-order chi connectivity index (χ0) is 25.2. The topological polar surface area (TPSA) is 127 Å². The number of aromatic nitrogens is 5. The molecule has 11 heteroatoms. The number of anilines is 1. The maximum atomic E-state index is 13.3. The number of benzene rings is 1. The fourth-order valence-corrected chi connectivity index (χ4v) is 4.45. The van der Waals surface area contributed by atoms with Crippen molar-refractivity contribution in [3.05, 3.63) is 76.8 Å². The third-order valence-electron chi connectivity index (χ3n) is 5.24. The number of rotatable bonds is 5. The van der Waals surface area contributed by atoms with Crippen LogP contribution in [0, 0.1) is 18.3 Å². The van der Waals surface area contributed by atoms with Gasteiger partial charge in [-0.1, -0.05) is 22.9 Å². The van der Waals surface area contributed by atoms with Gasteiger partial charge in [-0.25, -0.2) is 9.97 Å². The van der Waals surface area contributed by atoms with E-state index in [9.17, 15) is 10.1 Å². The number of methoxy groups -OCH3 is 1. The molecule has 0 bridgehead atoms. The largest absolute Gasteiger partial charge is 0.496 e. The molecule has 0 spiro atoms. The van der Waals surface area contributed by atoms with Gasteiger partial charge in [0.15, 0.2) is 15.6 Å². The van der Waals surface area contributed by atoms with Gasteiger partial charge >= 0.3 is 0 Å². The summed E-state index contributed by atoms with van der Waals surface area (Å²) in [6.07, 6.45) is 4.60. The highest BCUT2D eigenvalue weighted by atomic mass is 35.5. The molecule has 9 nitrogen and oxygen atoms in total. The van der Waals surface area contributed by atoms with E-state index in [-0.39, 0.29) is 0 Å². The van der Waals surface area contributed by atoms with Crippen molar-refractivity contribution in [3.8, 4) is 34.3 Å². The number of pyridine rings is 2. The van der Waals surface area contributed by atoms with Gasteiger partial charge in [0, 0.05) is 29.2 Å². The van der Waals surface area contributed by atoms with E-state index >= 15 is 0 Å². The van der Waals surface area contributed by atoms with Crippen LogP contribution in [0.4, 0.5) is 5.13 Å². The first-order valence-electron chi connectivity index (χ1n) is 10.6. The highest BCUT2D eigenvalue weighted by Gasteiger charge is 2.19. The molecular weight excluding hydrogens is 498 g/mol. The number of halogens is 1. The van der Waals surface area contributed by atoms with Crippen molar-refractivity contribution in [1.29, 1.82) is 5.26 Å². The standard InChI is InChI=1S/C25H16ClN7O2S/c1-13-7-16(17-8-14(9-27)3-6-21(17)35-2)18(11-28-13)23(34)33-25-32-22-24(36-25)31-20(12-30-22)19-5-4-15(26)10-29-19/h3-8,10-12H,1-2H3,(H,30,32,33,34). The Morgan fingerprint density at radius 3 is 2.64 bits per heavy atom. The molecule has 0 aliphatic heterocycles. The number of hydrogen-bond donors (Lipinski definition) is 1. The fraction of sp³-hybridized carbons (Fsp3) is 0.0800. The van der Waals surface area contributed by atoms with E-state index in [1.54, 1.807) is 42.6 Å². The number of hydrogen-bond acceptors (Lipinski definition) is 9. The zero-order valence-electron chi connectivity index (χ0n) is 19.0. The van der Waals surface area contributed by atoms with Crippen LogP contribution in [-0.4, -0.2) is 37.9 Å². The van der Waals surface area contributed by atoms with Crippen LogP contribution < -0.4 is 10.1 Å². The monoisotopic (exact) mass is 513 g/mol. The normalized spacial score (nSPS) is 10.7. The Labute approximate surface area is 214 Å². The molecule has 36 heavy (non-hydrogen) atoms. The van der Waals surface area contributed by atoms with Gasteiger partial charge in [0.05, 0.1) is 41.2 Å². The van der Waals surface area contributed by atoms with E-state index in [1.807, 2.05) is 6.92 Å². The number of nitriles is 1. The van der Waals surface area contributed by atoms with Crippen molar-refractivity contribution in [2.24, 2.45) is 0 Å². The molecule has 1 aromatic carbocycles. The number of carbonyl (C=O) groups is 1. The van der Waals surface area contributed by atoms with Crippen LogP contribution in [0.5, 0.6) is 5.75 Å². The van der Waals surface area contributed by atoms with Gasteiger partial charge in [0.1, 0.15) is 11.4 Å². The van der Waals surface area contributed by atoms with Gasteiger partial charge in [-0.3, -0.25) is 20.1 Å². The van der Waals surface area contributed by atoms with Crippen LogP contribution >= 0.6 is 22.9 Å². The lowest BCUT2D eigenvalue weighted by Gasteiger charge is -2.13. The molecule has 0 saturated heterocycles. The van der Waals surface area contributed by atoms with Crippen LogP contribution in [-0.2, 0) is 0 Å². The van der Waals surface area contributed by atoms with E-state index < -0.39 is 5.91 Å². The maximum Gasteiger partial charge on any atom is 0.259 e. The molecular formula is C25H16ClN7O2S. The summed E-state index contributed by atoms with van der Waals surface area (Å²) >= 11 is 7.11. The highest BCUT2D eigenvalue weighted by molar-refractivity contribution is 7.21. The first-order valence-corrected chi connectivity index (χ1v) is 11.8. The second-order valence-corrected chi connectivity index (χ2v) is 9.03. The second-order valence-electron chi connectivity index (χ2n) is 7.62. The molecule has 0 aliphatic rings. The Morgan fingerprint density at radius 1 is 1.03 bits per heavy atom. The van der Waals surface area contributed by atoms with E-state index in [0.29, 0.717) is 65.7 Å². The van der Waals surface area contributed by atoms with E-state index in [4.69, 9.17) is 16.3 Å². The van der Waals surface area contributed by atoms with Gasteiger partial charge in [0.25, 0.3) is 5.91 Å². The molecule has 0 radical (unpaired) electrons. The van der Waals surface area contributed by atoms with Gasteiger partial charge in [-0.05, 0) is 43.3 Å². The van der Waals surface area contributed by atoms with Gasteiger partial charge in [0.2, 0.25) is 0 Å². The molecule has 5 aromatic rings. The number of thiazole rings is 1. The van der Waals surface area contributed by atoms with Crippen LogP contribution in [0.1, 0.15) is 21.6 Å². The molecule has 0 unspecified atom stereocenters. The minimum atomic E-state index is -0.416. The quantitative estimate of drug-likeness (QED) is 0.335. The number of nitrogens with zero attached hydrogens (tertiary/aromatic N) is 6. The molecule has 4 heterocycles. The molecule has 1 amide bonds. The smallest absolute Gasteiger partial charge is 0.259 e. The Hall–Kier alpha value is -4.46. The summed E-state index contributed by atoms with van der Waals surface area (Å²) in [5.41, 5.74) is 4.25. The van der Waals surface area contributed by atoms with Crippen LogP contribution in [0.15, 0.2) is 55.0 Å². The summed E-state index contributed by atoms with van der Waals surface area (Å²) in [6.45, 7) is 1.82. The van der Waals surface area contributed by atoms with E-state index in [0.717, 1.165) is 0 Å². The first-order chi connectivity index (χ1) is 17.4. The first kappa shape index (κ1) is 23.3. The number of fused-ring (bicyclic) bond motifs is 1. The van der Waals surface area contributed by atoms with Gasteiger partial charge in [-0.2, -0.15) is 10.2 Å². The predicted octanol–water partition coefficient (Wildman–Crippen LogP) is 5.30. The number of ether oxygens (including phenoxy) is 1. The van der Waals surface area contributed by atoms with Crippen molar-refractivity contribution in [3.63, 3.8) is 0 Å². The molecule has 4 aromatic heterocycles. The van der Waals surface area contributed by atoms with Gasteiger partial charge in [-0.15, -0.1) is 0 Å². The van der Waals surface area contributed by atoms with E-state index in [2.05, 4.69) is 36.3 Å². The molecule has 0 atom stereocenters. The Morgan fingerprint density at radius 2 is 1.89 bits per heavy atom. The van der Waals surface area contributed by atoms with Gasteiger partial charge < -0.3 is 4.74 Å². The maximum absolute atomic E-state index is 13.3. The summed E-state index contributed by atoms with van der Waals surface area (Å²) in [4.78, 5) is 35.7. The minimum Gasteiger partial charge on any atom is -0.496 e. The lowest BCUT2D eigenvalue weighted by molar-refractivity contribution is 0.102. The third-order valence-corrected chi connectivity index (χ3v) is 6.32. The average molecular weight is 514 g/mol. The Balaban J connectivity index is 1.49. The van der Waals surface area contributed by atoms with Crippen LogP contribution in [0.3, 0.4) is 0 Å². The zero-order valence-corrected chi connectivity index (χ0v) is 20.6. The molecule has 0 saturated carbocycles. The van der Waals surface area contributed by atoms with Crippen molar-refractivity contribution in [1.82, 2.24) is 24.9 Å². The van der Waals surface area contributed by atoms with Crippen molar-refractivity contribution < 1.29 is 9.53 Å². The summed E-state index contributed by atoms with van der Waals surface area (Å²) < 4.78 is 5.49. The lowest BCUT2D eigenvalue weighted by Crippen LogP contribution is -2.14. The average Bonchev–Trinajstić information content (AvgIpc) is 3.30. The number of amides is 1. The summed E-state index contributed by atoms with van der Waals surface area (Å²) in [7, 11) is 1.54. The minimum absolute atomic E-state index is 0.306. The van der Waals surface area contributed by atoms with Crippen LogP contribution in [0.2, 0.25) is 5.02 Å². The third kappa shape index (κ3) is 4.57. The van der Waals surface area contributed by atoms with Crippen LogP contribution in [0.25, 0.3) is 33.0 Å². The fourth-order valence-electron chi connectivity index (χ4n) is 3.54. The van der Waals surface area contributed by atoms with Crippen molar-refractivity contribution in [2.75, 3.05) is 12.4 Å². The number of carbonyl (C=O) groups excluding carboxylic acids is 1. The lowest BCUT2D eigenvalue weighted by atomic mass is 9.97. The van der Waals surface area contributed by atoms with Crippen molar-refractivity contribution >= 4 is 44.5 Å². The molecule has 1 N–H and O–H groups in total. The summed E-state index contributed by atoms with van der Waals surface area (Å²) in [5.74, 6) is 0.117. The second kappa shape index (κ2) is 9.65. The number of nitrogens with one attached hydrogen (secondary N) is 1. The molecule has 0 aliphatic carbocycles. The summed E-state index contributed by atoms with van der Waals surface area (Å²) in [6, 6.07) is 12.4. The van der Waals surface area contributed by atoms with Crippen molar-refractivity contribution in [2.45, 2.75) is 6.92 Å². The molecule has 5 rings (SSSR count). The molecule has 0 fully saturated rings. The predicted molar refractivity (Wildman–Crippen MR) is 137 cm³/mol.